The molecule has 0 bridgehead atoms. The van der Waals surface area contributed by atoms with Gasteiger partial charge in [-0.2, -0.15) is 13.2 Å². The Balaban J connectivity index is 1.87. The molecule has 0 saturated heterocycles. The molecule has 1 aliphatic heterocycles. The lowest BCUT2D eigenvalue weighted by Crippen LogP contribution is -2.48. The van der Waals surface area contributed by atoms with Crippen LogP contribution in [0.5, 0.6) is 5.75 Å². The maximum absolute atomic E-state index is 13.0. The lowest BCUT2D eigenvalue weighted by atomic mass is 9.72. The lowest BCUT2D eigenvalue weighted by Gasteiger charge is -2.46. The summed E-state index contributed by atoms with van der Waals surface area (Å²) in [5.74, 6) is -0.622. The van der Waals surface area contributed by atoms with Crippen LogP contribution >= 0.6 is 0 Å². The van der Waals surface area contributed by atoms with Gasteiger partial charge in [-0.05, 0) is 31.7 Å². The second kappa shape index (κ2) is 4.65. The van der Waals surface area contributed by atoms with Crippen molar-refractivity contribution in [3.05, 3.63) is 29.8 Å². The SMILES string of the molecule is NC1CC2(CCCC(C(F)(F)F)C2)Oc2ccccc21. The molecule has 0 radical (unpaired) electrons. The lowest BCUT2D eigenvalue weighted by molar-refractivity contribution is -0.199. The number of nitrogens with two attached hydrogens (primary N) is 1. The zero-order valence-electron chi connectivity index (χ0n) is 11.1. The molecule has 3 rings (SSSR count). The molecule has 0 amide bonds. The molecular formula is C15H18F3NO. The molecule has 3 atom stereocenters. The predicted octanol–water partition coefficient (Wildman–Crippen LogP) is 3.96. The first-order valence-electron chi connectivity index (χ1n) is 7.00. The Morgan fingerprint density at radius 2 is 1.95 bits per heavy atom. The number of benzene rings is 1. The summed E-state index contributed by atoms with van der Waals surface area (Å²) >= 11 is 0. The van der Waals surface area contributed by atoms with E-state index in [1.807, 2.05) is 18.2 Å². The Kier molecular flexibility index (Phi) is 3.20. The fourth-order valence-corrected chi connectivity index (χ4v) is 3.55. The summed E-state index contributed by atoms with van der Waals surface area (Å²) in [6.45, 7) is 0. The van der Waals surface area contributed by atoms with Gasteiger partial charge in [0.1, 0.15) is 11.4 Å². The minimum Gasteiger partial charge on any atom is -0.487 e. The van der Waals surface area contributed by atoms with E-state index in [-0.39, 0.29) is 18.9 Å². The Hall–Kier alpha value is -1.23. The van der Waals surface area contributed by atoms with E-state index in [1.165, 1.54) is 0 Å². The van der Waals surface area contributed by atoms with Gasteiger partial charge in [0.05, 0.1) is 5.92 Å². The van der Waals surface area contributed by atoms with Gasteiger partial charge < -0.3 is 10.5 Å². The van der Waals surface area contributed by atoms with Crippen molar-refractivity contribution < 1.29 is 17.9 Å². The van der Waals surface area contributed by atoms with Gasteiger partial charge in [0.25, 0.3) is 0 Å². The van der Waals surface area contributed by atoms with E-state index in [9.17, 15) is 13.2 Å². The number of hydrogen-bond acceptors (Lipinski definition) is 2. The monoisotopic (exact) mass is 285 g/mol. The highest BCUT2D eigenvalue weighted by molar-refractivity contribution is 5.38. The van der Waals surface area contributed by atoms with E-state index in [4.69, 9.17) is 10.5 Å². The highest BCUT2D eigenvalue weighted by Crippen LogP contribution is 2.49. The molecule has 0 aromatic heterocycles. The normalized spacial score (nSPS) is 33.6. The van der Waals surface area contributed by atoms with Gasteiger partial charge in [-0.3, -0.25) is 0 Å². The van der Waals surface area contributed by atoms with Crippen LogP contribution in [-0.4, -0.2) is 11.8 Å². The largest absolute Gasteiger partial charge is 0.487 e. The minimum atomic E-state index is -4.14. The van der Waals surface area contributed by atoms with Gasteiger partial charge in [-0.1, -0.05) is 18.2 Å². The van der Waals surface area contributed by atoms with Gasteiger partial charge in [-0.25, -0.2) is 0 Å². The van der Waals surface area contributed by atoms with Crippen LogP contribution in [-0.2, 0) is 0 Å². The average molecular weight is 285 g/mol. The molecule has 1 aromatic carbocycles. The van der Waals surface area contributed by atoms with Gasteiger partial charge in [-0.15, -0.1) is 0 Å². The third-order valence-corrected chi connectivity index (χ3v) is 4.50. The summed E-state index contributed by atoms with van der Waals surface area (Å²) in [6, 6.07) is 7.14. The third kappa shape index (κ3) is 2.39. The van der Waals surface area contributed by atoms with E-state index in [2.05, 4.69) is 0 Å². The van der Waals surface area contributed by atoms with Crippen LogP contribution in [0, 0.1) is 5.92 Å². The maximum Gasteiger partial charge on any atom is 0.391 e. The topological polar surface area (TPSA) is 35.2 Å². The molecule has 2 N–H and O–H groups in total. The van der Waals surface area contributed by atoms with Gasteiger partial charge in [0.2, 0.25) is 0 Å². The van der Waals surface area contributed by atoms with E-state index < -0.39 is 17.7 Å². The summed E-state index contributed by atoms with van der Waals surface area (Å²) in [5, 5.41) is 0. The van der Waals surface area contributed by atoms with Crippen LogP contribution in [0.1, 0.15) is 43.7 Å². The van der Waals surface area contributed by atoms with Crippen molar-refractivity contribution in [3.63, 3.8) is 0 Å². The Bertz CT molecular complexity index is 502. The van der Waals surface area contributed by atoms with Crippen LogP contribution < -0.4 is 10.5 Å². The van der Waals surface area contributed by atoms with Crippen molar-refractivity contribution >= 4 is 0 Å². The Morgan fingerprint density at radius 3 is 2.70 bits per heavy atom. The summed E-state index contributed by atoms with van der Waals surface area (Å²) in [7, 11) is 0. The first-order chi connectivity index (χ1) is 9.40. The van der Waals surface area contributed by atoms with Crippen LogP contribution in [0.15, 0.2) is 24.3 Å². The number of fused-ring (bicyclic) bond motifs is 1. The number of rotatable bonds is 0. The van der Waals surface area contributed by atoms with Crippen molar-refractivity contribution in [1.29, 1.82) is 0 Å². The average Bonchev–Trinajstić information content (AvgIpc) is 2.37. The smallest absolute Gasteiger partial charge is 0.391 e. The van der Waals surface area contributed by atoms with E-state index in [0.29, 0.717) is 25.0 Å². The van der Waals surface area contributed by atoms with Crippen molar-refractivity contribution in [1.82, 2.24) is 0 Å². The molecule has 1 aliphatic carbocycles. The van der Waals surface area contributed by atoms with E-state index in [1.54, 1.807) is 6.07 Å². The molecular weight excluding hydrogens is 267 g/mol. The van der Waals surface area contributed by atoms with Crippen molar-refractivity contribution in [2.24, 2.45) is 11.7 Å². The number of para-hydroxylation sites is 1. The van der Waals surface area contributed by atoms with Gasteiger partial charge >= 0.3 is 6.18 Å². The molecule has 1 aromatic rings. The zero-order chi connectivity index (χ0) is 14.4. The maximum atomic E-state index is 13.0. The zero-order valence-corrected chi connectivity index (χ0v) is 11.1. The summed E-state index contributed by atoms with van der Waals surface area (Å²) in [6.07, 6.45) is -2.25. The Labute approximate surface area is 116 Å². The molecule has 1 saturated carbocycles. The standard InChI is InChI=1S/C15H18F3NO/c16-15(17,18)10-4-3-7-14(8-10)9-12(19)11-5-1-2-6-13(11)20-14/h1-2,5-6,10,12H,3-4,7-9,19H2. The molecule has 2 nitrogen and oxygen atoms in total. The summed E-state index contributed by atoms with van der Waals surface area (Å²) in [5.41, 5.74) is 6.30. The summed E-state index contributed by atoms with van der Waals surface area (Å²) in [4.78, 5) is 0. The molecule has 5 heteroatoms. The molecule has 1 fully saturated rings. The molecule has 1 spiro atoms. The number of halogens is 3. The fourth-order valence-electron chi connectivity index (χ4n) is 3.55. The van der Waals surface area contributed by atoms with Gasteiger partial charge in [0.15, 0.2) is 0 Å². The highest BCUT2D eigenvalue weighted by Gasteiger charge is 2.50. The molecule has 110 valence electrons. The summed E-state index contributed by atoms with van der Waals surface area (Å²) < 4.78 is 44.9. The second-order valence-corrected chi connectivity index (χ2v) is 5.97. The van der Waals surface area contributed by atoms with Crippen LogP contribution in [0.25, 0.3) is 0 Å². The molecule has 3 unspecified atom stereocenters. The van der Waals surface area contributed by atoms with Crippen molar-refractivity contribution in [2.45, 2.75) is 49.9 Å². The molecule has 1 heterocycles. The molecule has 20 heavy (non-hydrogen) atoms. The van der Waals surface area contributed by atoms with Crippen LogP contribution in [0.3, 0.4) is 0 Å². The van der Waals surface area contributed by atoms with Crippen LogP contribution in [0.4, 0.5) is 13.2 Å². The number of hydrogen-bond donors (Lipinski definition) is 1. The highest BCUT2D eigenvalue weighted by atomic mass is 19.4. The minimum absolute atomic E-state index is 0.0263. The second-order valence-electron chi connectivity index (χ2n) is 5.97. The van der Waals surface area contributed by atoms with Crippen molar-refractivity contribution in [3.8, 4) is 5.75 Å². The quantitative estimate of drug-likeness (QED) is 0.783. The first kappa shape index (κ1) is 13.7. The van der Waals surface area contributed by atoms with E-state index >= 15 is 0 Å². The number of ether oxygens (including phenoxy) is 1. The Morgan fingerprint density at radius 1 is 1.20 bits per heavy atom. The van der Waals surface area contributed by atoms with Crippen molar-refractivity contribution in [2.75, 3.05) is 0 Å². The van der Waals surface area contributed by atoms with E-state index in [0.717, 1.165) is 5.56 Å². The fraction of sp³-hybridized carbons (Fsp3) is 0.600. The predicted molar refractivity (Wildman–Crippen MR) is 69.4 cm³/mol. The van der Waals surface area contributed by atoms with Crippen LogP contribution in [0.2, 0.25) is 0 Å². The van der Waals surface area contributed by atoms with Gasteiger partial charge in [0, 0.05) is 18.0 Å². The third-order valence-electron chi connectivity index (χ3n) is 4.50. The first-order valence-corrected chi connectivity index (χ1v) is 7.00. The molecule has 2 aliphatic rings. The number of alkyl halides is 3.